The van der Waals surface area contributed by atoms with Crippen molar-refractivity contribution >= 4 is 64.5 Å². The zero-order valence-corrected chi connectivity index (χ0v) is 42.1. The van der Waals surface area contributed by atoms with Gasteiger partial charge in [0.15, 0.2) is 21.9 Å². The molecule has 0 saturated carbocycles. The first kappa shape index (κ1) is 54.4. The fraction of sp³-hybridized carbons (Fsp3) is 0.490. The topological polar surface area (TPSA) is 338 Å². The van der Waals surface area contributed by atoms with Crippen LogP contribution >= 0.6 is 12.2 Å². The molecule has 396 valence electrons. The van der Waals surface area contributed by atoms with Crippen LogP contribution in [0.2, 0.25) is 0 Å². The SMILES string of the molecule is CC[C@]1(O)C(=O)OCc2c1cc1n(c2=O)Cc2c-1nc1cc3c(cc1c2CNC(=O)COCNC(=O)CNC(=O)[C@H](CCCCN)NC(=O)[C@@H](NC(=O)CCCCCNC(=O)c1cnc(=S)[nH]c1)C(C)C)OCO3. The zero-order valence-electron chi connectivity index (χ0n) is 41.3. The average Bonchev–Trinajstić information content (AvgIpc) is 4.00. The van der Waals surface area contributed by atoms with Crippen LogP contribution in [-0.2, 0) is 63.5 Å². The fourth-order valence-corrected chi connectivity index (χ4v) is 8.89. The minimum atomic E-state index is -2.02. The third kappa shape index (κ3) is 12.7. The number of cyclic esters (lactones) is 1. The number of carbonyl (C=O) groups excluding carboxylic acids is 7. The Labute approximate surface area is 429 Å². The molecule has 3 aliphatic heterocycles. The summed E-state index contributed by atoms with van der Waals surface area (Å²) in [6, 6.07) is 3.05. The minimum Gasteiger partial charge on any atom is -0.458 e. The zero-order chi connectivity index (χ0) is 53.1. The van der Waals surface area contributed by atoms with Gasteiger partial charge in [-0.25, -0.2) is 14.8 Å². The first-order valence-corrected chi connectivity index (χ1v) is 24.9. The van der Waals surface area contributed by atoms with Gasteiger partial charge < -0.3 is 71.2 Å². The summed E-state index contributed by atoms with van der Waals surface area (Å²) in [6.45, 7) is 4.33. The number of amides is 6. The van der Waals surface area contributed by atoms with Gasteiger partial charge in [-0.15, -0.1) is 0 Å². The standard InChI is InChI=1S/C49H61N11O13S/c1-4-49(69)32-15-35-42-30(21-60(35)46(67)31(32)22-71-47(49)68)29(28-14-36-37(73-25-72-36)16-34(28)57-42)19-52-40(63)23-70-24-56-39(62)20-53-44(65)33(10-7-8-12-50)58-45(66)41(26(2)3)59-38(61)11-6-5-9-13-51-43(64)27-17-54-48(74)55-18-27/h14-18,26,33,41,69H,4-13,19-25,50H2,1-3H3,(H,51,64)(H,52,63)(H,53,65)(H,56,62)(H,58,66)(H,59,61)(H,54,55,74)/t33-,41-,49+/m0/s1. The van der Waals surface area contributed by atoms with E-state index in [1.807, 2.05) is 0 Å². The highest BCUT2D eigenvalue weighted by atomic mass is 32.1. The number of esters is 1. The lowest BCUT2D eigenvalue weighted by Gasteiger charge is -2.31. The lowest BCUT2D eigenvalue weighted by molar-refractivity contribution is -0.172. The van der Waals surface area contributed by atoms with Gasteiger partial charge in [0.2, 0.25) is 36.3 Å². The number of pyridine rings is 2. The molecule has 3 aliphatic rings. The molecule has 6 amide bonds. The maximum Gasteiger partial charge on any atom is 0.343 e. The molecule has 24 nitrogen and oxygen atoms in total. The second kappa shape index (κ2) is 24.6. The van der Waals surface area contributed by atoms with Crippen molar-refractivity contribution < 1.29 is 57.6 Å². The summed E-state index contributed by atoms with van der Waals surface area (Å²) in [6.07, 6.45) is 6.04. The van der Waals surface area contributed by atoms with E-state index in [9.17, 15) is 43.5 Å². The molecule has 10 N–H and O–H groups in total. The van der Waals surface area contributed by atoms with Crippen LogP contribution in [0.5, 0.6) is 11.5 Å². The van der Waals surface area contributed by atoms with Crippen LogP contribution in [-0.4, -0.2) is 118 Å². The lowest BCUT2D eigenvalue weighted by Crippen LogP contribution is -2.56. The quantitative estimate of drug-likeness (QED) is 0.0169. The van der Waals surface area contributed by atoms with Crippen molar-refractivity contribution in [2.24, 2.45) is 11.7 Å². The highest BCUT2D eigenvalue weighted by Crippen LogP contribution is 2.43. The summed E-state index contributed by atoms with van der Waals surface area (Å²) in [4.78, 5) is 116. The van der Waals surface area contributed by atoms with E-state index in [2.05, 4.69) is 41.9 Å². The van der Waals surface area contributed by atoms with Crippen LogP contribution in [0.15, 0.2) is 35.4 Å². The molecule has 4 aromatic rings. The van der Waals surface area contributed by atoms with Gasteiger partial charge in [0, 0.05) is 54.5 Å². The summed E-state index contributed by atoms with van der Waals surface area (Å²) in [5, 5.41) is 28.1. The van der Waals surface area contributed by atoms with Gasteiger partial charge in [0.1, 0.15) is 32.0 Å². The Morgan fingerprint density at radius 1 is 0.919 bits per heavy atom. The molecule has 1 aromatic carbocycles. The van der Waals surface area contributed by atoms with E-state index in [1.54, 1.807) is 39.0 Å². The number of aromatic nitrogens is 4. The summed E-state index contributed by atoms with van der Waals surface area (Å²) in [5.41, 5.74) is 6.43. The normalized spacial score (nSPS) is 15.8. The van der Waals surface area contributed by atoms with Gasteiger partial charge in [-0.3, -0.25) is 33.6 Å². The number of nitrogens with two attached hydrogens (primary N) is 1. The van der Waals surface area contributed by atoms with Gasteiger partial charge in [0.05, 0.1) is 41.1 Å². The number of hydrogen-bond acceptors (Lipinski definition) is 17. The summed E-state index contributed by atoms with van der Waals surface area (Å²) in [7, 11) is 0. The molecule has 0 radical (unpaired) electrons. The molecule has 0 aliphatic carbocycles. The summed E-state index contributed by atoms with van der Waals surface area (Å²) >= 11 is 4.89. The highest BCUT2D eigenvalue weighted by Gasteiger charge is 2.45. The number of fused-ring (bicyclic) bond motifs is 6. The van der Waals surface area contributed by atoms with Crippen LogP contribution in [0.3, 0.4) is 0 Å². The van der Waals surface area contributed by atoms with Crippen molar-refractivity contribution in [1.82, 2.24) is 51.4 Å². The van der Waals surface area contributed by atoms with Crippen molar-refractivity contribution in [3.05, 3.63) is 73.5 Å². The Kier molecular flexibility index (Phi) is 18.1. The molecule has 0 bridgehead atoms. The van der Waals surface area contributed by atoms with Crippen molar-refractivity contribution in [2.45, 2.75) is 110 Å². The van der Waals surface area contributed by atoms with Crippen LogP contribution < -0.4 is 52.7 Å². The van der Waals surface area contributed by atoms with Crippen LogP contribution in [0.1, 0.15) is 105 Å². The number of benzene rings is 1. The number of unbranched alkanes of at least 4 members (excludes halogenated alkanes) is 3. The Morgan fingerprint density at radius 3 is 2.43 bits per heavy atom. The first-order valence-electron chi connectivity index (χ1n) is 24.5. The molecule has 0 saturated heterocycles. The molecule has 3 atom stereocenters. The number of nitrogens with zero attached hydrogens (tertiary/aromatic N) is 3. The van der Waals surface area contributed by atoms with E-state index in [0.29, 0.717) is 95.7 Å². The van der Waals surface area contributed by atoms with Gasteiger partial charge in [0.25, 0.3) is 11.5 Å². The van der Waals surface area contributed by atoms with Crippen molar-refractivity contribution in [3.63, 3.8) is 0 Å². The Bertz CT molecular complexity index is 2920. The monoisotopic (exact) mass is 1040 g/mol. The average molecular weight is 1040 g/mol. The molecule has 74 heavy (non-hydrogen) atoms. The molecular weight excluding hydrogens is 983 g/mol. The second-order valence-electron chi connectivity index (χ2n) is 18.3. The summed E-state index contributed by atoms with van der Waals surface area (Å²) < 4.78 is 23.6. The van der Waals surface area contributed by atoms with Gasteiger partial charge in [-0.05, 0) is 80.9 Å². The summed E-state index contributed by atoms with van der Waals surface area (Å²) in [5.74, 6) is -3.27. The Balaban J connectivity index is 0.874. The van der Waals surface area contributed by atoms with Crippen LogP contribution in [0, 0.1) is 10.7 Å². The number of nitrogens with one attached hydrogen (secondary N) is 7. The van der Waals surface area contributed by atoms with Crippen molar-refractivity contribution in [2.75, 3.05) is 39.8 Å². The van der Waals surface area contributed by atoms with E-state index in [0.717, 1.165) is 0 Å². The predicted molar refractivity (Wildman–Crippen MR) is 266 cm³/mol. The van der Waals surface area contributed by atoms with Crippen LogP contribution in [0.25, 0.3) is 22.3 Å². The molecule has 3 aromatic heterocycles. The third-order valence-corrected chi connectivity index (χ3v) is 13.2. The molecule has 25 heteroatoms. The maximum atomic E-state index is 13.9. The lowest BCUT2D eigenvalue weighted by atomic mass is 9.86. The Morgan fingerprint density at radius 2 is 1.70 bits per heavy atom. The van der Waals surface area contributed by atoms with E-state index in [-0.39, 0.29) is 86.1 Å². The molecular formula is C49H61N11O13S. The largest absolute Gasteiger partial charge is 0.458 e. The number of rotatable bonds is 25. The van der Waals surface area contributed by atoms with E-state index in [4.69, 9.17) is 41.9 Å². The molecule has 0 unspecified atom stereocenters. The molecule has 6 heterocycles. The number of aromatic amines is 1. The molecule has 0 fully saturated rings. The Hall–Kier alpha value is -7.35. The fourth-order valence-electron chi connectivity index (χ4n) is 8.78. The number of ether oxygens (including phenoxy) is 4. The smallest absolute Gasteiger partial charge is 0.343 e. The minimum absolute atomic E-state index is 0.00393. The number of carbonyl (C=O) groups is 7. The number of hydrogen-bond donors (Lipinski definition) is 9. The van der Waals surface area contributed by atoms with E-state index in [1.165, 1.54) is 17.0 Å². The van der Waals surface area contributed by atoms with Crippen molar-refractivity contribution in [1.29, 1.82) is 0 Å². The van der Waals surface area contributed by atoms with E-state index >= 15 is 0 Å². The number of aliphatic hydroxyl groups is 1. The van der Waals surface area contributed by atoms with Crippen LogP contribution in [0.4, 0.5) is 0 Å². The van der Waals surface area contributed by atoms with Gasteiger partial charge in [-0.2, -0.15) is 0 Å². The van der Waals surface area contributed by atoms with Gasteiger partial charge >= 0.3 is 5.97 Å². The first-order chi connectivity index (χ1) is 35.5. The number of H-pyrrole nitrogens is 1. The van der Waals surface area contributed by atoms with E-state index < -0.39 is 66.0 Å². The molecule has 7 rings (SSSR count). The third-order valence-electron chi connectivity index (χ3n) is 12.9. The molecule has 0 spiro atoms. The van der Waals surface area contributed by atoms with Gasteiger partial charge in [-0.1, -0.05) is 27.2 Å². The maximum absolute atomic E-state index is 13.9. The second-order valence-corrected chi connectivity index (χ2v) is 18.7. The van der Waals surface area contributed by atoms with Crippen molar-refractivity contribution in [3.8, 4) is 22.9 Å². The highest BCUT2D eigenvalue weighted by molar-refractivity contribution is 7.71. The predicted octanol–water partition coefficient (Wildman–Crippen LogP) is 0.829.